The van der Waals surface area contributed by atoms with Crippen LogP contribution in [0.2, 0.25) is 0 Å². The van der Waals surface area contributed by atoms with Crippen LogP contribution in [-0.4, -0.2) is 10.2 Å². The second-order valence-corrected chi connectivity index (χ2v) is 3.49. The summed E-state index contributed by atoms with van der Waals surface area (Å²) in [5.74, 6) is 0.580. The van der Waals surface area contributed by atoms with Crippen LogP contribution >= 0.6 is 0 Å². The maximum absolute atomic E-state index is 9.56. The summed E-state index contributed by atoms with van der Waals surface area (Å²) >= 11 is 0. The zero-order valence-electron chi connectivity index (χ0n) is 7.54. The molecule has 0 atom stereocenters. The molecule has 0 spiro atoms. The predicted molar refractivity (Wildman–Crippen MR) is 50.9 cm³/mol. The van der Waals surface area contributed by atoms with Gasteiger partial charge in [-0.15, -0.1) is 0 Å². The summed E-state index contributed by atoms with van der Waals surface area (Å²) in [5, 5.41) is 19.1. The number of hydrogen-bond acceptors (Lipinski definition) is 2. The quantitative estimate of drug-likeness (QED) is 0.469. The van der Waals surface area contributed by atoms with Crippen molar-refractivity contribution in [2.75, 3.05) is 0 Å². The third-order valence-corrected chi connectivity index (χ3v) is 2.49. The monoisotopic (exact) mass is 176 g/mol. The van der Waals surface area contributed by atoms with Gasteiger partial charge >= 0.3 is 0 Å². The zero-order chi connectivity index (χ0) is 9.42. The Morgan fingerprint density at radius 2 is 1.69 bits per heavy atom. The number of phenolic OH excluding ortho intramolecular Hbond substituents is 2. The highest BCUT2D eigenvalue weighted by Gasteiger charge is 2.15. The molecular weight excluding hydrogens is 164 g/mol. The van der Waals surface area contributed by atoms with Gasteiger partial charge in [-0.2, -0.15) is 0 Å². The van der Waals surface area contributed by atoms with Gasteiger partial charge in [0.1, 0.15) is 11.5 Å². The first-order chi connectivity index (χ1) is 6.18. The number of rotatable bonds is 0. The summed E-state index contributed by atoms with van der Waals surface area (Å²) in [7, 11) is 0. The van der Waals surface area contributed by atoms with E-state index in [2.05, 4.69) is 6.08 Å². The van der Waals surface area contributed by atoms with E-state index >= 15 is 0 Å². The Labute approximate surface area is 77.1 Å². The van der Waals surface area contributed by atoms with Gasteiger partial charge in [-0.25, -0.2) is 0 Å². The molecule has 0 fully saturated rings. The number of benzene rings is 1. The van der Waals surface area contributed by atoms with E-state index in [1.807, 2.05) is 6.92 Å². The molecule has 68 valence electrons. The Morgan fingerprint density at radius 3 is 2.38 bits per heavy atom. The topological polar surface area (TPSA) is 40.5 Å². The first kappa shape index (κ1) is 8.17. The van der Waals surface area contributed by atoms with Crippen LogP contribution < -0.4 is 0 Å². The fourth-order valence-electron chi connectivity index (χ4n) is 1.72. The lowest BCUT2D eigenvalue weighted by molar-refractivity contribution is 0.449. The lowest BCUT2D eigenvalue weighted by Crippen LogP contribution is -2.01. The maximum atomic E-state index is 9.56. The van der Waals surface area contributed by atoms with Crippen LogP contribution in [0.4, 0.5) is 0 Å². The van der Waals surface area contributed by atoms with Crippen LogP contribution in [0.5, 0.6) is 11.5 Å². The van der Waals surface area contributed by atoms with Crippen molar-refractivity contribution in [2.45, 2.75) is 19.8 Å². The van der Waals surface area contributed by atoms with Crippen LogP contribution in [0.3, 0.4) is 0 Å². The highest BCUT2D eigenvalue weighted by molar-refractivity contribution is 5.51. The molecule has 1 aliphatic carbocycles. The van der Waals surface area contributed by atoms with E-state index in [1.54, 1.807) is 12.1 Å². The van der Waals surface area contributed by atoms with Gasteiger partial charge in [0.25, 0.3) is 0 Å². The molecule has 2 rings (SSSR count). The van der Waals surface area contributed by atoms with Crippen molar-refractivity contribution in [2.24, 2.45) is 0 Å². The molecule has 0 aliphatic heterocycles. The molecule has 1 aromatic rings. The number of allylic oxidation sites excluding steroid dienone is 2. The zero-order valence-corrected chi connectivity index (χ0v) is 7.54. The highest BCUT2D eigenvalue weighted by Crippen LogP contribution is 2.34. The lowest BCUT2D eigenvalue weighted by Gasteiger charge is -2.16. The fourth-order valence-corrected chi connectivity index (χ4v) is 1.72. The third-order valence-electron chi connectivity index (χ3n) is 2.49. The second kappa shape index (κ2) is 2.80. The van der Waals surface area contributed by atoms with Gasteiger partial charge in [-0.05, 0) is 31.9 Å². The highest BCUT2D eigenvalue weighted by atomic mass is 16.3. The van der Waals surface area contributed by atoms with Gasteiger partial charge in [-0.1, -0.05) is 11.6 Å². The van der Waals surface area contributed by atoms with Crippen molar-refractivity contribution < 1.29 is 10.2 Å². The van der Waals surface area contributed by atoms with E-state index in [9.17, 15) is 10.2 Å². The molecule has 0 aromatic heterocycles. The number of hydrogen-bond donors (Lipinski definition) is 2. The Kier molecular flexibility index (Phi) is 1.76. The molecule has 0 amide bonds. The third kappa shape index (κ3) is 1.28. The van der Waals surface area contributed by atoms with Crippen LogP contribution in [0, 0.1) is 0 Å². The van der Waals surface area contributed by atoms with E-state index in [1.165, 1.54) is 5.57 Å². The van der Waals surface area contributed by atoms with Crippen molar-refractivity contribution in [3.63, 3.8) is 0 Å². The van der Waals surface area contributed by atoms with Crippen molar-refractivity contribution in [1.82, 2.24) is 0 Å². The van der Waals surface area contributed by atoms with E-state index in [-0.39, 0.29) is 5.75 Å². The van der Waals surface area contributed by atoms with Gasteiger partial charge < -0.3 is 10.2 Å². The molecule has 0 bridgehead atoms. The summed E-state index contributed by atoms with van der Waals surface area (Å²) < 4.78 is 0. The Bertz CT molecular complexity index is 378. The first-order valence-electron chi connectivity index (χ1n) is 4.37. The first-order valence-corrected chi connectivity index (χ1v) is 4.37. The minimum atomic E-state index is 0.288. The van der Waals surface area contributed by atoms with Gasteiger partial charge in [0.05, 0.1) is 0 Å². The summed E-state index contributed by atoms with van der Waals surface area (Å²) in [6.07, 6.45) is 3.55. The van der Waals surface area contributed by atoms with Gasteiger partial charge in [0, 0.05) is 11.1 Å². The maximum Gasteiger partial charge on any atom is 0.119 e. The van der Waals surface area contributed by atoms with E-state index in [0.29, 0.717) is 5.75 Å². The Hall–Kier alpha value is -1.44. The van der Waals surface area contributed by atoms with E-state index in [4.69, 9.17) is 0 Å². The smallest absolute Gasteiger partial charge is 0.119 e. The minimum Gasteiger partial charge on any atom is -0.508 e. The van der Waals surface area contributed by atoms with E-state index < -0.39 is 0 Å². The predicted octanol–water partition coefficient (Wildman–Crippen LogP) is 2.14. The summed E-state index contributed by atoms with van der Waals surface area (Å²) in [6.45, 7) is 2.03. The van der Waals surface area contributed by atoms with Crippen LogP contribution in [0.25, 0.3) is 0 Å². The molecule has 0 saturated heterocycles. The Morgan fingerprint density at radius 1 is 1.08 bits per heavy atom. The van der Waals surface area contributed by atoms with E-state index in [0.717, 1.165) is 24.0 Å². The molecule has 13 heavy (non-hydrogen) atoms. The average molecular weight is 176 g/mol. The van der Waals surface area contributed by atoms with Crippen LogP contribution in [-0.2, 0) is 12.8 Å². The molecule has 2 nitrogen and oxygen atoms in total. The SMILES string of the molecule is CC1=CCc2c(O)ccc(O)c2C1. The fraction of sp³-hybridized carbons (Fsp3) is 0.273. The normalized spacial score (nSPS) is 15.0. The molecule has 0 saturated carbocycles. The largest absolute Gasteiger partial charge is 0.508 e. The van der Waals surface area contributed by atoms with Crippen molar-refractivity contribution in [3.8, 4) is 11.5 Å². The lowest BCUT2D eigenvalue weighted by atomic mass is 9.91. The summed E-state index contributed by atoms with van der Waals surface area (Å²) in [5.41, 5.74) is 2.99. The number of phenols is 2. The molecule has 2 N–H and O–H groups in total. The van der Waals surface area contributed by atoms with Crippen molar-refractivity contribution >= 4 is 0 Å². The van der Waals surface area contributed by atoms with Crippen LogP contribution in [0.15, 0.2) is 23.8 Å². The number of fused-ring (bicyclic) bond motifs is 1. The molecule has 1 aliphatic rings. The second-order valence-electron chi connectivity index (χ2n) is 3.49. The minimum absolute atomic E-state index is 0.288. The summed E-state index contributed by atoms with van der Waals surface area (Å²) in [4.78, 5) is 0. The van der Waals surface area contributed by atoms with Gasteiger partial charge in [-0.3, -0.25) is 0 Å². The standard InChI is InChI=1S/C11H12O2/c1-7-2-3-8-9(6-7)11(13)5-4-10(8)12/h2,4-5,12-13H,3,6H2,1H3. The summed E-state index contributed by atoms with van der Waals surface area (Å²) in [6, 6.07) is 3.09. The van der Waals surface area contributed by atoms with Gasteiger partial charge in [0.15, 0.2) is 0 Å². The molecule has 0 unspecified atom stereocenters. The van der Waals surface area contributed by atoms with Gasteiger partial charge in [0.2, 0.25) is 0 Å². The number of aromatic hydroxyl groups is 2. The molecule has 2 heteroatoms. The molecule has 1 aromatic carbocycles. The Balaban J connectivity index is 2.56. The average Bonchev–Trinajstić information content (AvgIpc) is 2.12. The van der Waals surface area contributed by atoms with Crippen molar-refractivity contribution in [1.29, 1.82) is 0 Å². The molecular formula is C11H12O2. The van der Waals surface area contributed by atoms with Crippen LogP contribution in [0.1, 0.15) is 18.1 Å². The molecule has 0 heterocycles. The van der Waals surface area contributed by atoms with Crippen molar-refractivity contribution in [3.05, 3.63) is 34.9 Å². The molecule has 0 radical (unpaired) electrons.